The van der Waals surface area contributed by atoms with E-state index in [9.17, 15) is 9.18 Å². The molecule has 2 rings (SSSR count). The van der Waals surface area contributed by atoms with Gasteiger partial charge in [0.2, 0.25) is 0 Å². The molecule has 0 aliphatic rings. The molecule has 0 bridgehead atoms. The van der Waals surface area contributed by atoms with Gasteiger partial charge in [-0.15, -0.1) is 0 Å². The first kappa shape index (κ1) is 9.14. The maximum absolute atomic E-state index is 13.2. The van der Waals surface area contributed by atoms with Crippen molar-refractivity contribution in [1.82, 2.24) is 9.38 Å². The molecular weight excluding hydrogens is 255 g/mol. The van der Waals surface area contributed by atoms with Crippen molar-refractivity contribution in [3.05, 3.63) is 34.4 Å². The number of carboxylic acids is 1. The molecule has 0 atom stereocenters. The minimum absolute atomic E-state index is 0.379. The van der Waals surface area contributed by atoms with Crippen LogP contribution in [0.3, 0.4) is 0 Å². The molecule has 0 radical (unpaired) electrons. The van der Waals surface area contributed by atoms with E-state index in [0.717, 1.165) is 6.20 Å². The Morgan fingerprint density at radius 3 is 3.00 bits per heavy atom. The van der Waals surface area contributed by atoms with Crippen LogP contribution in [-0.4, -0.2) is 20.5 Å². The fraction of sp³-hybridized carbons (Fsp3) is 0. The third-order valence-electron chi connectivity index (χ3n) is 1.78. The molecule has 0 aliphatic carbocycles. The number of carbonyl (C=O) groups is 1. The molecule has 2 aromatic rings. The molecule has 6 heteroatoms. The van der Waals surface area contributed by atoms with E-state index in [1.807, 2.05) is 0 Å². The number of aromatic carboxylic acids is 1. The summed E-state index contributed by atoms with van der Waals surface area (Å²) in [4.78, 5) is 14.5. The minimum atomic E-state index is -1.30. The van der Waals surface area contributed by atoms with Crippen LogP contribution in [0.25, 0.3) is 5.65 Å². The maximum Gasteiger partial charge on any atom is 0.338 e. The van der Waals surface area contributed by atoms with Crippen LogP contribution in [0.4, 0.5) is 4.39 Å². The quantitative estimate of drug-likeness (QED) is 0.851. The highest BCUT2D eigenvalue weighted by Crippen LogP contribution is 2.16. The van der Waals surface area contributed by atoms with Crippen LogP contribution in [0.15, 0.2) is 23.1 Å². The molecule has 0 unspecified atom stereocenters. The topological polar surface area (TPSA) is 54.6 Å². The van der Waals surface area contributed by atoms with E-state index in [-0.39, 0.29) is 5.56 Å². The first-order valence-electron chi connectivity index (χ1n) is 3.65. The van der Waals surface area contributed by atoms with Crippen LogP contribution in [0.1, 0.15) is 10.4 Å². The fourth-order valence-corrected chi connectivity index (χ4v) is 1.52. The monoisotopic (exact) mass is 258 g/mol. The molecule has 2 aromatic heterocycles. The van der Waals surface area contributed by atoms with Crippen LogP contribution in [0.2, 0.25) is 0 Å². The average molecular weight is 259 g/mol. The van der Waals surface area contributed by atoms with Crippen molar-refractivity contribution < 1.29 is 14.3 Å². The van der Waals surface area contributed by atoms with Crippen LogP contribution in [-0.2, 0) is 0 Å². The number of nitrogens with zero attached hydrogens (tertiary/aromatic N) is 2. The highest BCUT2D eigenvalue weighted by atomic mass is 79.9. The SMILES string of the molecule is O=C(O)c1cc2ncc(Br)n2cc1F. The number of rotatable bonds is 1. The Kier molecular flexibility index (Phi) is 1.99. The van der Waals surface area contributed by atoms with E-state index < -0.39 is 11.8 Å². The van der Waals surface area contributed by atoms with Crippen LogP contribution < -0.4 is 0 Å². The molecule has 4 nitrogen and oxygen atoms in total. The van der Waals surface area contributed by atoms with Crippen molar-refractivity contribution in [2.24, 2.45) is 0 Å². The minimum Gasteiger partial charge on any atom is -0.478 e. The van der Waals surface area contributed by atoms with Crippen LogP contribution in [0, 0.1) is 5.82 Å². The molecule has 0 amide bonds. The molecule has 0 saturated heterocycles. The van der Waals surface area contributed by atoms with E-state index in [0.29, 0.717) is 10.3 Å². The Balaban J connectivity index is 2.79. The second-order valence-electron chi connectivity index (χ2n) is 2.65. The lowest BCUT2D eigenvalue weighted by Gasteiger charge is -1.99. The molecular formula is C8H4BrFN2O2. The van der Waals surface area contributed by atoms with Crippen molar-refractivity contribution in [1.29, 1.82) is 0 Å². The molecule has 0 spiro atoms. The molecule has 0 aromatic carbocycles. The second-order valence-corrected chi connectivity index (χ2v) is 3.46. The summed E-state index contributed by atoms with van der Waals surface area (Å²) < 4.78 is 15.2. The Morgan fingerprint density at radius 2 is 2.36 bits per heavy atom. The normalized spacial score (nSPS) is 10.7. The summed E-state index contributed by atoms with van der Waals surface area (Å²) in [6.45, 7) is 0. The highest BCUT2D eigenvalue weighted by molar-refractivity contribution is 9.10. The van der Waals surface area contributed by atoms with E-state index in [4.69, 9.17) is 5.11 Å². The number of aromatic nitrogens is 2. The summed E-state index contributed by atoms with van der Waals surface area (Å²) in [6.07, 6.45) is 2.55. The zero-order valence-electron chi connectivity index (χ0n) is 6.74. The molecule has 1 N–H and O–H groups in total. The Morgan fingerprint density at radius 1 is 1.64 bits per heavy atom. The number of hydrogen-bond acceptors (Lipinski definition) is 2. The van der Waals surface area contributed by atoms with Crippen LogP contribution in [0.5, 0.6) is 0 Å². The van der Waals surface area contributed by atoms with Gasteiger partial charge in [0.15, 0.2) is 5.82 Å². The summed E-state index contributed by atoms with van der Waals surface area (Å²) in [5.41, 5.74) is 0.00581. The lowest BCUT2D eigenvalue weighted by molar-refractivity contribution is 0.0692. The van der Waals surface area contributed by atoms with Crippen molar-refractivity contribution in [3.63, 3.8) is 0 Å². The van der Waals surface area contributed by atoms with Gasteiger partial charge in [0.1, 0.15) is 15.8 Å². The standard InChI is InChI=1S/C8H4BrFN2O2/c9-6-2-11-7-1-4(8(13)14)5(10)3-12(6)7/h1-3H,(H,13,14). The molecule has 72 valence electrons. The Labute approximate surface area is 86.1 Å². The van der Waals surface area contributed by atoms with Crippen molar-refractivity contribution in [3.8, 4) is 0 Å². The van der Waals surface area contributed by atoms with Crippen molar-refractivity contribution in [2.75, 3.05) is 0 Å². The summed E-state index contributed by atoms with van der Waals surface area (Å²) >= 11 is 3.15. The highest BCUT2D eigenvalue weighted by Gasteiger charge is 2.13. The number of fused-ring (bicyclic) bond motifs is 1. The van der Waals surface area contributed by atoms with Gasteiger partial charge in [-0.3, -0.25) is 4.40 Å². The molecule has 0 saturated carbocycles. The number of imidazole rings is 1. The van der Waals surface area contributed by atoms with Gasteiger partial charge in [0.25, 0.3) is 0 Å². The lowest BCUT2D eigenvalue weighted by Crippen LogP contribution is -2.02. The second kappa shape index (κ2) is 3.06. The van der Waals surface area contributed by atoms with Crippen LogP contribution >= 0.6 is 15.9 Å². The fourth-order valence-electron chi connectivity index (χ4n) is 1.13. The predicted octanol–water partition coefficient (Wildman–Crippen LogP) is 1.93. The summed E-state index contributed by atoms with van der Waals surface area (Å²) in [5.74, 6) is -2.09. The summed E-state index contributed by atoms with van der Waals surface area (Å²) in [6, 6.07) is 1.18. The van der Waals surface area contributed by atoms with Gasteiger partial charge in [0, 0.05) is 6.20 Å². The number of carboxylic acid groups (broad SMARTS) is 1. The third kappa shape index (κ3) is 1.27. The molecule has 2 heterocycles. The average Bonchev–Trinajstić information content (AvgIpc) is 2.46. The van der Waals surface area contributed by atoms with Gasteiger partial charge in [-0.25, -0.2) is 14.2 Å². The van der Waals surface area contributed by atoms with Gasteiger partial charge >= 0.3 is 5.97 Å². The van der Waals surface area contributed by atoms with E-state index in [1.54, 1.807) is 0 Å². The largest absolute Gasteiger partial charge is 0.478 e. The van der Waals surface area contributed by atoms with Crippen molar-refractivity contribution >= 4 is 27.5 Å². The maximum atomic E-state index is 13.2. The van der Waals surface area contributed by atoms with Gasteiger partial charge < -0.3 is 5.11 Å². The van der Waals surface area contributed by atoms with Gasteiger partial charge in [-0.1, -0.05) is 0 Å². The number of hydrogen-bond donors (Lipinski definition) is 1. The molecule has 0 fully saturated rings. The van der Waals surface area contributed by atoms with Gasteiger partial charge in [0.05, 0.1) is 6.20 Å². The zero-order valence-corrected chi connectivity index (χ0v) is 8.32. The first-order valence-corrected chi connectivity index (χ1v) is 4.44. The number of halogens is 2. The number of pyridine rings is 1. The van der Waals surface area contributed by atoms with E-state index in [2.05, 4.69) is 20.9 Å². The smallest absolute Gasteiger partial charge is 0.338 e. The van der Waals surface area contributed by atoms with Gasteiger partial charge in [-0.2, -0.15) is 0 Å². The Hall–Kier alpha value is -1.43. The Bertz CT molecular complexity index is 523. The van der Waals surface area contributed by atoms with Gasteiger partial charge in [-0.05, 0) is 22.0 Å². The lowest BCUT2D eigenvalue weighted by atomic mass is 10.2. The zero-order chi connectivity index (χ0) is 10.3. The van der Waals surface area contributed by atoms with Crippen molar-refractivity contribution in [2.45, 2.75) is 0 Å². The van der Waals surface area contributed by atoms with E-state index >= 15 is 0 Å². The third-order valence-corrected chi connectivity index (χ3v) is 2.37. The molecule has 14 heavy (non-hydrogen) atoms. The first-order chi connectivity index (χ1) is 6.59. The predicted molar refractivity (Wildman–Crippen MR) is 49.8 cm³/mol. The summed E-state index contributed by atoms with van der Waals surface area (Å²) in [7, 11) is 0. The van der Waals surface area contributed by atoms with E-state index in [1.165, 1.54) is 16.7 Å². The molecule has 0 aliphatic heterocycles. The summed E-state index contributed by atoms with van der Waals surface area (Å²) in [5, 5.41) is 8.64.